The van der Waals surface area contributed by atoms with Crippen LogP contribution in [0.5, 0.6) is 0 Å². The molecule has 94 valence electrons. The van der Waals surface area contributed by atoms with Gasteiger partial charge in [-0.05, 0) is 0 Å². The Morgan fingerprint density at radius 1 is 1.59 bits per heavy atom. The zero-order valence-corrected chi connectivity index (χ0v) is 10.2. The van der Waals surface area contributed by atoms with Gasteiger partial charge in [0.1, 0.15) is 6.54 Å². The number of carbonyl (C=O) groups is 3. The van der Waals surface area contributed by atoms with E-state index >= 15 is 0 Å². The van der Waals surface area contributed by atoms with Gasteiger partial charge in [-0.3, -0.25) is 14.5 Å². The average Bonchev–Trinajstić information content (AvgIpc) is 2.57. The predicted molar refractivity (Wildman–Crippen MR) is 64.2 cm³/mol. The van der Waals surface area contributed by atoms with Crippen molar-refractivity contribution in [1.82, 2.24) is 15.1 Å². The molecule has 1 rings (SSSR count). The molecule has 0 radical (unpaired) electrons. The van der Waals surface area contributed by atoms with E-state index in [9.17, 15) is 14.4 Å². The Hall–Kier alpha value is -1.70. The zero-order valence-electron chi connectivity index (χ0n) is 9.43. The van der Waals surface area contributed by atoms with Crippen molar-refractivity contribution in [3.63, 3.8) is 0 Å². The van der Waals surface area contributed by atoms with Gasteiger partial charge in [-0.1, -0.05) is 12.2 Å². The van der Waals surface area contributed by atoms with Gasteiger partial charge >= 0.3 is 6.03 Å². The van der Waals surface area contributed by atoms with Crippen LogP contribution < -0.4 is 11.1 Å². The molecule has 1 aliphatic heterocycles. The molecule has 1 aliphatic rings. The number of carbonyl (C=O) groups excluding carboxylic acids is 3. The van der Waals surface area contributed by atoms with E-state index in [2.05, 4.69) is 5.32 Å². The molecule has 1 saturated heterocycles. The number of urea groups is 1. The van der Waals surface area contributed by atoms with E-state index in [4.69, 9.17) is 18.0 Å². The first-order valence-corrected chi connectivity index (χ1v) is 5.43. The van der Waals surface area contributed by atoms with Crippen molar-refractivity contribution in [2.24, 2.45) is 5.73 Å². The molecule has 0 aromatic rings. The molecule has 0 bridgehead atoms. The summed E-state index contributed by atoms with van der Waals surface area (Å²) in [5, 5.41) is 2.34. The highest BCUT2D eigenvalue weighted by Gasteiger charge is 2.30. The van der Waals surface area contributed by atoms with Crippen LogP contribution >= 0.6 is 12.2 Å². The minimum absolute atomic E-state index is 0.0529. The molecular weight excluding hydrogens is 244 g/mol. The highest BCUT2D eigenvalue weighted by molar-refractivity contribution is 7.80. The van der Waals surface area contributed by atoms with E-state index in [1.54, 1.807) is 7.05 Å². The van der Waals surface area contributed by atoms with Crippen LogP contribution in [0, 0.1) is 0 Å². The minimum atomic E-state index is -0.536. The summed E-state index contributed by atoms with van der Waals surface area (Å²) in [7, 11) is 1.57. The van der Waals surface area contributed by atoms with Gasteiger partial charge in [0, 0.05) is 20.0 Å². The van der Waals surface area contributed by atoms with Gasteiger partial charge in [0.25, 0.3) is 5.91 Å². The number of nitrogens with zero attached hydrogens (tertiary/aromatic N) is 2. The topological polar surface area (TPSA) is 95.7 Å². The van der Waals surface area contributed by atoms with Gasteiger partial charge in [0.15, 0.2) is 0 Å². The number of hydrogen-bond acceptors (Lipinski definition) is 4. The Labute approximate surface area is 104 Å². The molecule has 8 heteroatoms. The van der Waals surface area contributed by atoms with Crippen LogP contribution in [0.15, 0.2) is 0 Å². The number of amides is 4. The third kappa shape index (κ3) is 3.66. The highest BCUT2D eigenvalue weighted by atomic mass is 32.1. The summed E-state index contributed by atoms with van der Waals surface area (Å²) < 4.78 is 0. The molecule has 1 fully saturated rings. The van der Waals surface area contributed by atoms with E-state index in [1.165, 1.54) is 4.90 Å². The number of nitrogens with one attached hydrogen (secondary N) is 1. The average molecular weight is 258 g/mol. The molecule has 0 unspecified atom stereocenters. The fraction of sp³-hybridized carbons (Fsp3) is 0.556. The van der Waals surface area contributed by atoms with Crippen LogP contribution in [-0.4, -0.2) is 59.3 Å². The Bertz CT molecular complexity index is 355. The second kappa shape index (κ2) is 5.58. The molecule has 0 aromatic heterocycles. The lowest BCUT2D eigenvalue weighted by atomic mass is 10.3. The Balaban J connectivity index is 2.45. The summed E-state index contributed by atoms with van der Waals surface area (Å²) in [6, 6.07) is -0.536. The quantitative estimate of drug-likeness (QED) is 0.470. The van der Waals surface area contributed by atoms with Crippen molar-refractivity contribution in [1.29, 1.82) is 0 Å². The maximum atomic E-state index is 11.7. The summed E-state index contributed by atoms with van der Waals surface area (Å²) in [4.78, 5) is 36.7. The second-order valence-corrected chi connectivity index (χ2v) is 4.19. The first-order chi connectivity index (χ1) is 7.91. The molecule has 17 heavy (non-hydrogen) atoms. The van der Waals surface area contributed by atoms with Crippen LogP contribution in [0.3, 0.4) is 0 Å². The van der Waals surface area contributed by atoms with Gasteiger partial charge in [-0.15, -0.1) is 0 Å². The smallest absolute Gasteiger partial charge is 0.325 e. The van der Waals surface area contributed by atoms with Gasteiger partial charge in [-0.2, -0.15) is 0 Å². The lowest BCUT2D eigenvalue weighted by molar-refractivity contribution is -0.135. The summed E-state index contributed by atoms with van der Waals surface area (Å²) in [5.74, 6) is -0.724. The molecule has 3 N–H and O–H groups in total. The van der Waals surface area contributed by atoms with E-state index in [0.717, 1.165) is 4.90 Å². The van der Waals surface area contributed by atoms with Gasteiger partial charge in [-0.25, -0.2) is 4.79 Å². The summed E-state index contributed by atoms with van der Waals surface area (Å²) in [5.41, 5.74) is 5.31. The molecule has 7 nitrogen and oxygen atoms in total. The second-order valence-electron chi connectivity index (χ2n) is 3.67. The van der Waals surface area contributed by atoms with Crippen LogP contribution in [-0.2, 0) is 9.59 Å². The first kappa shape index (κ1) is 13.4. The van der Waals surface area contributed by atoms with Gasteiger partial charge in [0.2, 0.25) is 5.91 Å². The number of hydrogen-bond donors (Lipinski definition) is 2. The van der Waals surface area contributed by atoms with Crippen molar-refractivity contribution in [3.05, 3.63) is 0 Å². The lowest BCUT2D eigenvalue weighted by Crippen LogP contribution is -2.42. The number of likely N-dealkylation sites (N-methyl/N-ethyl adjacent to an activating group) is 1. The molecule has 0 saturated carbocycles. The lowest BCUT2D eigenvalue weighted by Gasteiger charge is -2.19. The monoisotopic (exact) mass is 258 g/mol. The maximum absolute atomic E-state index is 11.7. The number of nitrogens with two attached hydrogens (primary N) is 1. The number of imide groups is 1. The largest absolute Gasteiger partial charge is 0.393 e. The first-order valence-electron chi connectivity index (χ1n) is 5.02. The molecule has 0 aromatic carbocycles. The highest BCUT2D eigenvalue weighted by Crippen LogP contribution is 2.00. The molecule has 1 heterocycles. The van der Waals surface area contributed by atoms with Gasteiger partial charge in [0.05, 0.1) is 11.5 Å². The van der Waals surface area contributed by atoms with Crippen molar-refractivity contribution in [2.75, 3.05) is 26.7 Å². The standard InChI is InChI=1S/C9H14N4O3S/c1-12(3-2-6(10)17)8(15)5-13-7(14)4-11-9(13)16/h2-5H2,1H3,(H2,10,17)(H,11,16). The van der Waals surface area contributed by atoms with E-state index < -0.39 is 11.9 Å². The van der Waals surface area contributed by atoms with Crippen LogP contribution in [0.1, 0.15) is 6.42 Å². The molecule has 0 spiro atoms. The number of rotatable bonds is 5. The molecule has 0 atom stereocenters. The summed E-state index contributed by atoms with van der Waals surface area (Å²) >= 11 is 4.69. The third-order valence-corrected chi connectivity index (χ3v) is 2.55. The summed E-state index contributed by atoms with van der Waals surface area (Å²) in [6.07, 6.45) is 0.414. The van der Waals surface area contributed by atoms with Crippen molar-refractivity contribution >= 4 is 35.1 Å². The van der Waals surface area contributed by atoms with E-state index in [0.29, 0.717) is 18.0 Å². The zero-order chi connectivity index (χ0) is 13.0. The third-order valence-electron chi connectivity index (χ3n) is 2.35. The van der Waals surface area contributed by atoms with Crippen molar-refractivity contribution < 1.29 is 14.4 Å². The van der Waals surface area contributed by atoms with Crippen LogP contribution in [0.25, 0.3) is 0 Å². The van der Waals surface area contributed by atoms with Crippen molar-refractivity contribution in [3.8, 4) is 0 Å². The SMILES string of the molecule is CN(CCC(N)=S)C(=O)CN1C(=O)CNC1=O. The van der Waals surface area contributed by atoms with E-state index in [-0.39, 0.29) is 19.0 Å². The minimum Gasteiger partial charge on any atom is -0.393 e. The summed E-state index contributed by atoms with van der Waals surface area (Å²) in [6.45, 7) is 0.0685. The van der Waals surface area contributed by atoms with E-state index in [1.807, 2.05) is 0 Å². The Morgan fingerprint density at radius 3 is 2.71 bits per heavy atom. The molecular formula is C9H14N4O3S. The molecule has 0 aliphatic carbocycles. The number of thiocarbonyl (C=S) groups is 1. The molecule has 4 amide bonds. The normalized spacial score (nSPS) is 14.8. The van der Waals surface area contributed by atoms with Gasteiger partial charge < -0.3 is 16.0 Å². The predicted octanol–water partition coefficient (Wildman–Crippen LogP) is -1.33. The van der Waals surface area contributed by atoms with Crippen LogP contribution in [0.2, 0.25) is 0 Å². The fourth-order valence-corrected chi connectivity index (χ4v) is 1.37. The van der Waals surface area contributed by atoms with Crippen molar-refractivity contribution in [2.45, 2.75) is 6.42 Å². The maximum Gasteiger partial charge on any atom is 0.325 e. The Morgan fingerprint density at radius 2 is 2.24 bits per heavy atom. The Kier molecular flexibility index (Phi) is 4.38. The van der Waals surface area contributed by atoms with Crippen LogP contribution in [0.4, 0.5) is 4.79 Å². The fourth-order valence-electron chi connectivity index (χ4n) is 1.27.